The highest BCUT2D eigenvalue weighted by atomic mass is 16.5. The van der Waals surface area contributed by atoms with Crippen molar-refractivity contribution in [3.05, 3.63) is 72.7 Å². The molecule has 3 aromatic heterocycles. The summed E-state index contributed by atoms with van der Waals surface area (Å²) < 4.78 is 17.5. The topological polar surface area (TPSA) is 90.3 Å². The molecule has 152 valence electrons. The molecule has 1 unspecified atom stereocenters. The van der Waals surface area contributed by atoms with Crippen LogP contribution < -0.4 is 9.64 Å². The quantitative estimate of drug-likeness (QED) is 0.476. The molecule has 5 rings (SSSR count). The summed E-state index contributed by atoms with van der Waals surface area (Å²) in [5, 5.41) is 8.47. The van der Waals surface area contributed by atoms with Crippen molar-refractivity contribution in [2.45, 2.75) is 25.4 Å². The van der Waals surface area contributed by atoms with E-state index in [1.165, 1.54) is 0 Å². The number of ether oxygens (including phenoxy) is 1. The maximum Gasteiger partial charge on any atom is 0.283 e. The van der Waals surface area contributed by atoms with Crippen molar-refractivity contribution in [2.75, 3.05) is 18.0 Å². The standard InChI is InChI=1S/C22H21N5O3/c1-2-6-17(7-3-1)28-15-18-8-9-19(29-18)22-26-25-21(30-22)16-5-4-12-27(14-16)20-13-23-10-11-24-20/h1-3,6-11,13,16H,4-5,12,14-15H2. The van der Waals surface area contributed by atoms with Crippen LogP contribution in [0.15, 0.2) is 69.9 Å². The summed E-state index contributed by atoms with van der Waals surface area (Å²) in [7, 11) is 0. The summed E-state index contributed by atoms with van der Waals surface area (Å²) in [6, 6.07) is 13.3. The molecular weight excluding hydrogens is 382 g/mol. The van der Waals surface area contributed by atoms with Gasteiger partial charge in [0.15, 0.2) is 5.76 Å². The first-order chi connectivity index (χ1) is 14.8. The Hall–Kier alpha value is -3.68. The third-order valence-corrected chi connectivity index (χ3v) is 5.08. The Morgan fingerprint density at radius 1 is 1.03 bits per heavy atom. The summed E-state index contributed by atoms with van der Waals surface area (Å²) in [5.74, 6) is 4.06. The summed E-state index contributed by atoms with van der Waals surface area (Å²) in [4.78, 5) is 10.8. The number of rotatable bonds is 6. The van der Waals surface area contributed by atoms with E-state index < -0.39 is 0 Å². The molecule has 1 aromatic carbocycles. The monoisotopic (exact) mass is 403 g/mol. The van der Waals surface area contributed by atoms with E-state index in [-0.39, 0.29) is 5.92 Å². The Balaban J connectivity index is 1.25. The maximum atomic E-state index is 5.95. The normalized spacial score (nSPS) is 16.5. The van der Waals surface area contributed by atoms with Crippen LogP contribution in [0, 0.1) is 0 Å². The van der Waals surface area contributed by atoms with Crippen molar-refractivity contribution in [1.29, 1.82) is 0 Å². The van der Waals surface area contributed by atoms with E-state index in [9.17, 15) is 0 Å². The van der Waals surface area contributed by atoms with Gasteiger partial charge in [0.25, 0.3) is 5.89 Å². The second-order valence-electron chi connectivity index (χ2n) is 7.16. The fourth-order valence-electron chi connectivity index (χ4n) is 3.58. The average molecular weight is 403 g/mol. The molecule has 1 atom stereocenters. The van der Waals surface area contributed by atoms with E-state index >= 15 is 0 Å². The Morgan fingerprint density at radius 3 is 2.83 bits per heavy atom. The third kappa shape index (κ3) is 4.03. The number of anilines is 1. The highest BCUT2D eigenvalue weighted by molar-refractivity contribution is 5.44. The average Bonchev–Trinajstić information content (AvgIpc) is 3.49. The lowest BCUT2D eigenvalue weighted by atomic mass is 9.98. The molecule has 4 heterocycles. The van der Waals surface area contributed by atoms with Crippen molar-refractivity contribution in [3.63, 3.8) is 0 Å². The molecule has 0 N–H and O–H groups in total. The van der Waals surface area contributed by atoms with Gasteiger partial charge in [0.2, 0.25) is 5.89 Å². The number of para-hydroxylation sites is 1. The van der Waals surface area contributed by atoms with Crippen LogP contribution in [-0.2, 0) is 6.61 Å². The predicted octanol–water partition coefficient (Wildman–Crippen LogP) is 4.08. The Labute approximate surface area is 173 Å². The van der Waals surface area contributed by atoms with Crippen molar-refractivity contribution in [1.82, 2.24) is 20.2 Å². The molecule has 0 saturated carbocycles. The van der Waals surface area contributed by atoms with Gasteiger partial charge >= 0.3 is 0 Å². The van der Waals surface area contributed by atoms with Crippen molar-refractivity contribution in [2.24, 2.45) is 0 Å². The molecule has 0 bridgehead atoms. The van der Waals surface area contributed by atoms with E-state index in [2.05, 4.69) is 25.1 Å². The van der Waals surface area contributed by atoms with Gasteiger partial charge in [-0.15, -0.1) is 10.2 Å². The van der Waals surface area contributed by atoms with Gasteiger partial charge in [-0.05, 0) is 37.1 Å². The number of aromatic nitrogens is 4. The molecule has 8 nitrogen and oxygen atoms in total. The first-order valence-electron chi connectivity index (χ1n) is 9.96. The SMILES string of the molecule is c1ccc(OCc2ccc(-c3nnc(C4CCCN(c5cnccn5)C4)o3)o2)cc1. The van der Waals surface area contributed by atoms with Gasteiger partial charge in [0.05, 0.1) is 12.1 Å². The Kier molecular flexibility index (Phi) is 5.12. The van der Waals surface area contributed by atoms with Crippen molar-refractivity contribution >= 4 is 5.82 Å². The van der Waals surface area contributed by atoms with Crippen LogP contribution in [0.3, 0.4) is 0 Å². The zero-order valence-electron chi connectivity index (χ0n) is 16.3. The van der Waals surface area contributed by atoms with Crippen molar-refractivity contribution < 1.29 is 13.6 Å². The molecule has 8 heteroatoms. The zero-order chi connectivity index (χ0) is 20.2. The van der Waals surface area contributed by atoms with E-state index in [1.54, 1.807) is 18.6 Å². The number of hydrogen-bond acceptors (Lipinski definition) is 8. The van der Waals surface area contributed by atoms with Gasteiger partial charge in [-0.3, -0.25) is 4.98 Å². The van der Waals surface area contributed by atoms with Crippen LogP contribution in [0.25, 0.3) is 11.7 Å². The lowest BCUT2D eigenvalue weighted by Gasteiger charge is -2.31. The molecule has 1 aliphatic rings. The number of hydrogen-bond donors (Lipinski definition) is 0. The minimum Gasteiger partial charge on any atom is -0.486 e. The van der Waals surface area contributed by atoms with Gasteiger partial charge in [-0.1, -0.05) is 18.2 Å². The second kappa shape index (κ2) is 8.36. The van der Waals surface area contributed by atoms with Crippen LogP contribution in [0.5, 0.6) is 5.75 Å². The summed E-state index contributed by atoms with van der Waals surface area (Å²) in [6.07, 6.45) is 7.19. The number of benzene rings is 1. The van der Waals surface area contributed by atoms with Gasteiger partial charge < -0.3 is 18.5 Å². The molecule has 4 aromatic rings. The molecule has 1 fully saturated rings. The van der Waals surface area contributed by atoms with E-state index in [1.807, 2.05) is 42.5 Å². The van der Waals surface area contributed by atoms with Gasteiger partial charge in [-0.25, -0.2) is 4.98 Å². The maximum absolute atomic E-state index is 5.95. The minimum atomic E-state index is 0.151. The van der Waals surface area contributed by atoms with Crippen LogP contribution in [-0.4, -0.2) is 33.3 Å². The van der Waals surface area contributed by atoms with E-state index in [4.69, 9.17) is 13.6 Å². The summed E-state index contributed by atoms with van der Waals surface area (Å²) >= 11 is 0. The second-order valence-corrected chi connectivity index (χ2v) is 7.16. The van der Waals surface area contributed by atoms with Gasteiger partial charge in [0.1, 0.15) is 23.9 Å². The third-order valence-electron chi connectivity index (χ3n) is 5.08. The van der Waals surface area contributed by atoms with E-state index in [0.717, 1.165) is 37.5 Å². The molecule has 0 amide bonds. The summed E-state index contributed by atoms with van der Waals surface area (Å²) in [6.45, 7) is 2.05. The number of nitrogens with zero attached hydrogens (tertiary/aromatic N) is 5. The smallest absolute Gasteiger partial charge is 0.283 e. The van der Waals surface area contributed by atoms with Crippen LogP contribution >= 0.6 is 0 Å². The Morgan fingerprint density at radius 2 is 1.97 bits per heavy atom. The number of furan rings is 1. The van der Waals surface area contributed by atoms with Crippen LogP contribution in [0.1, 0.15) is 30.4 Å². The highest BCUT2D eigenvalue weighted by Gasteiger charge is 2.27. The van der Waals surface area contributed by atoms with Crippen LogP contribution in [0.4, 0.5) is 5.82 Å². The number of piperidine rings is 1. The molecule has 0 radical (unpaired) electrons. The van der Waals surface area contributed by atoms with E-state index in [0.29, 0.717) is 29.9 Å². The first-order valence-corrected chi connectivity index (χ1v) is 9.96. The fourth-order valence-corrected chi connectivity index (χ4v) is 3.58. The molecular formula is C22H21N5O3. The first kappa shape index (κ1) is 18.4. The lowest BCUT2D eigenvalue weighted by molar-refractivity contribution is 0.271. The van der Waals surface area contributed by atoms with Crippen molar-refractivity contribution in [3.8, 4) is 17.4 Å². The van der Waals surface area contributed by atoms with Gasteiger partial charge in [0, 0.05) is 25.5 Å². The van der Waals surface area contributed by atoms with Crippen LogP contribution in [0.2, 0.25) is 0 Å². The summed E-state index contributed by atoms with van der Waals surface area (Å²) in [5.41, 5.74) is 0. The largest absolute Gasteiger partial charge is 0.486 e. The molecule has 1 saturated heterocycles. The van der Waals surface area contributed by atoms with Gasteiger partial charge in [-0.2, -0.15) is 0 Å². The zero-order valence-corrected chi connectivity index (χ0v) is 16.3. The highest BCUT2D eigenvalue weighted by Crippen LogP contribution is 2.30. The molecule has 0 aliphatic carbocycles. The molecule has 30 heavy (non-hydrogen) atoms. The molecule has 0 spiro atoms. The predicted molar refractivity (Wildman–Crippen MR) is 109 cm³/mol. The minimum absolute atomic E-state index is 0.151. The molecule has 1 aliphatic heterocycles. The fraction of sp³-hybridized carbons (Fsp3) is 0.273. The Bertz CT molecular complexity index is 1080. The lowest BCUT2D eigenvalue weighted by Crippen LogP contribution is -2.35.